The van der Waals surface area contributed by atoms with Crippen molar-refractivity contribution in [2.75, 3.05) is 33.5 Å². The van der Waals surface area contributed by atoms with Crippen molar-refractivity contribution >= 4 is 34.5 Å². The van der Waals surface area contributed by atoms with Gasteiger partial charge in [0.15, 0.2) is 6.73 Å². The number of hydrogen-bond acceptors (Lipinski definition) is 6. The fourth-order valence-electron chi connectivity index (χ4n) is 6.98. The van der Waals surface area contributed by atoms with Crippen molar-refractivity contribution < 1.29 is 41.4 Å². The number of rotatable bonds is 5. The molecular formula is C31H33F4IN2O5. The van der Waals surface area contributed by atoms with Gasteiger partial charge in [-0.25, -0.2) is 4.39 Å². The molecule has 232 valence electrons. The molecule has 2 aromatic carbocycles. The summed E-state index contributed by atoms with van der Waals surface area (Å²) in [5.74, 6) is -0.964. The second-order valence-electron chi connectivity index (χ2n) is 12.0. The summed E-state index contributed by atoms with van der Waals surface area (Å²) in [4.78, 5) is 30.5. The monoisotopic (exact) mass is 716 g/mol. The zero-order chi connectivity index (χ0) is 30.5. The molecule has 0 radical (unpaired) electrons. The number of esters is 1. The topological polar surface area (TPSA) is 68.3 Å². The number of piperidine rings is 1. The summed E-state index contributed by atoms with van der Waals surface area (Å²) in [6.45, 7) is 1.45. The Balaban J connectivity index is 1.15. The molecule has 1 amide bonds. The molecular weight excluding hydrogens is 683 g/mol. The number of fused-ring (bicyclic) bond motifs is 1. The number of hydrogen-bond donors (Lipinski definition) is 0. The van der Waals surface area contributed by atoms with Crippen LogP contribution in [0.15, 0.2) is 36.4 Å². The van der Waals surface area contributed by atoms with Crippen LogP contribution in [0.5, 0.6) is 5.75 Å². The number of methoxy groups -OCH3 is 1. The minimum Gasteiger partial charge on any atom is -0.472 e. The number of halogens is 5. The van der Waals surface area contributed by atoms with Gasteiger partial charge in [-0.3, -0.25) is 14.5 Å². The van der Waals surface area contributed by atoms with E-state index in [2.05, 4.69) is 4.90 Å². The van der Waals surface area contributed by atoms with Crippen LogP contribution in [0.3, 0.4) is 0 Å². The van der Waals surface area contributed by atoms with E-state index in [0.29, 0.717) is 53.8 Å². The highest BCUT2D eigenvalue weighted by Crippen LogP contribution is 2.49. The molecule has 7 nitrogen and oxygen atoms in total. The van der Waals surface area contributed by atoms with Crippen molar-refractivity contribution in [1.82, 2.24) is 9.80 Å². The van der Waals surface area contributed by atoms with Gasteiger partial charge in [-0.1, -0.05) is 12.1 Å². The Kier molecular flexibility index (Phi) is 8.40. The molecule has 2 aromatic rings. The highest BCUT2D eigenvalue weighted by Gasteiger charge is 2.56. The molecule has 3 fully saturated rings. The first-order valence-corrected chi connectivity index (χ1v) is 15.6. The van der Waals surface area contributed by atoms with Crippen LogP contribution in [0.1, 0.15) is 54.7 Å². The molecule has 3 aliphatic heterocycles. The van der Waals surface area contributed by atoms with Gasteiger partial charge in [-0.2, -0.15) is 13.2 Å². The lowest BCUT2D eigenvalue weighted by Gasteiger charge is -2.47. The van der Waals surface area contributed by atoms with Crippen LogP contribution in [0.2, 0.25) is 0 Å². The first-order valence-electron chi connectivity index (χ1n) is 14.5. The predicted molar refractivity (Wildman–Crippen MR) is 155 cm³/mol. The summed E-state index contributed by atoms with van der Waals surface area (Å²) in [7, 11) is 1.37. The second-order valence-corrected chi connectivity index (χ2v) is 13.1. The van der Waals surface area contributed by atoms with Gasteiger partial charge in [0.2, 0.25) is 0 Å². The van der Waals surface area contributed by atoms with Crippen molar-refractivity contribution in [2.24, 2.45) is 11.8 Å². The number of alkyl halides is 3. The smallest absolute Gasteiger partial charge is 0.416 e. The van der Waals surface area contributed by atoms with E-state index in [1.165, 1.54) is 24.1 Å². The van der Waals surface area contributed by atoms with Crippen molar-refractivity contribution in [2.45, 2.75) is 62.4 Å². The van der Waals surface area contributed by atoms with E-state index in [1.54, 1.807) is 12.1 Å². The molecule has 4 atom stereocenters. The maximum Gasteiger partial charge on any atom is 0.416 e. The van der Waals surface area contributed by atoms with Crippen molar-refractivity contribution in [3.8, 4) is 5.75 Å². The first-order chi connectivity index (χ1) is 20.5. The molecule has 0 bridgehead atoms. The number of likely N-dealkylation sites (tertiary alicyclic amines) is 1. The molecule has 0 spiro atoms. The standard InChI is InChI=1S/C31H33F4IN2O5/c1-41-28(39)25-15-37(11-9-24(25)18-2-6-22(32)7-3-18)23-8-10-30(43-16-23,20-4-5-20)29(40)38-14-19-12-21(31(33,34)35)13-26(36)27(19)42-17-38/h2-3,6-7,12-13,20,23-25H,4-5,8-11,14-17H2,1H3/t23-,24+,25-,30+/m1/s1. The lowest BCUT2D eigenvalue weighted by molar-refractivity contribution is -0.181. The molecule has 43 heavy (non-hydrogen) atoms. The number of benzene rings is 2. The van der Waals surface area contributed by atoms with E-state index in [-0.39, 0.29) is 48.8 Å². The van der Waals surface area contributed by atoms with Gasteiger partial charge in [0.1, 0.15) is 17.2 Å². The van der Waals surface area contributed by atoms with Gasteiger partial charge in [-0.05, 0) is 103 Å². The third kappa shape index (κ3) is 5.98. The van der Waals surface area contributed by atoms with Crippen molar-refractivity contribution in [3.63, 3.8) is 0 Å². The molecule has 1 saturated carbocycles. The Bertz CT molecular complexity index is 1380. The molecule has 0 N–H and O–H groups in total. The maximum atomic E-state index is 14.0. The highest BCUT2D eigenvalue weighted by molar-refractivity contribution is 14.1. The average Bonchev–Trinajstić information content (AvgIpc) is 3.86. The van der Waals surface area contributed by atoms with Gasteiger partial charge in [0.25, 0.3) is 5.91 Å². The summed E-state index contributed by atoms with van der Waals surface area (Å²) in [5.41, 5.74) is -0.579. The quantitative estimate of drug-likeness (QED) is 0.224. The predicted octanol–water partition coefficient (Wildman–Crippen LogP) is 5.73. The number of amides is 1. The zero-order valence-corrected chi connectivity index (χ0v) is 25.8. The lowest BCUT2D eigenvalue weighted by Crippen LogP contribution is -2.59. The maximum absolute atomic E-state index is 14.0. The highest BCUT2D eigenvalue weighted by atomic mass is 127. The second kappa shape index (κ2) is 11.8. The van der Waals surface area contributed by atoms with E-state index >= 15 is 0 Å². The fraction of sp³-hybridized carbons (Fsp3) is 0.548. The number of carbonyl (C=O) groups excluding carboxylic acids is 2. The molecule has 0 aromatic heterocycles. The lowest BCUT2D eigenvalue weighted by atomic mass is 9.79. The van der Waals surface area contributed by atoms with E-state index in [4.69, 9.17) is 14.2 Å². The Morgan fingerprint density at radius 2 is 1.84 bits per heavy atom. The van der Waals surface area contributed by atoms with E-state index in [0.717, 1.165) is 30.5 Å². The van der Waals surface area contributed by atoms with E-state index < -0.39 is 23.3 Å². The molecule has 4 aliphatic rings. The largest absolute Gasteiger partial charge is 0.472 e. The van der Waals surface area contributed by atoms with Crippen LogP contribution in [0.25, 0.3) is 0 Å². The Hall–Kier alpha value is -2.45. The van der Waals surface area contributed by atoms with Crippen molar-refractivity contribution in [1.29, 1.82) is 0 Å². The summed E-state index contributed by atoms with van der Waals surface area (Å²) in [6.07, 6.45) is -0.947. The average molecular weight is 717 g/mol. The Morgan fingerprint density at radius 1 is 1.09 bits per heavy atom. The van der Waals surface area contributed by atoms with Crippen LogP contribution in [0.4, 0.5) is 17.6 Å². The molecule has 12 heteroatoms. The van der Waals surface area contributed by atoms with Crippen molar-refractivity contribution in [3.05, 3.63) is 62.5 Å². The van der Waals surface area contributed by atoms with E-state index in [9.17, 15) is 27.2 Å². The summed E-state index contributed by atoms with van der Waals surface area (Å²) in [5, 5.41) is 0. The van der Waals surface area contributed by atoms with Gasteiger partial charge < -0.3 is 19.1 Å². The summed E-state index contributed by atoms with van der Waals surface area (Å²) >= 11 is 1.83. The summed E-state index contributed by atoms with van der Waals surface area (Å²) < 4.78 is 71.7. The van der Waals surface area contributed by atoms with Gasteiger partial charge in [-0.15, -0.1) is 0 Å². The SMILES string of the molecule is COC(=O)[C@@H]1CN([C@@H]2CC[C@@](C(=O)N3COc4c(I)cc(C(F)(F)F)cc4C3)(C3CC3)OC2)CC[C@H]1c1ccc(F)cc1. The third-order valence-corrected chi connectivity index (χ3v) is 10.2. The minimum atomic E-state index is -4.50. The van der Waals surface area contributed by atoms with Crippen LogP contribution in [-0.4, -0.2) is 66.9 Å². The zero-order valence-electron chi connectivity index (χ0n) is 23.7. The molecule has 0 unspecified atom stereocenters. The fourth-order valence-corrected chi connectivity index (χ4v) is 7.81. The molecule has 3 heterocycles. The molecule has 2 saturated heterocycles. The number of carbonyl (C=O) groups is 2. The van der Waals surface area contributed by atoms with Gasteiger partial charge in [0, 0.05) is 18.2 Å². The van der Waals surface area contributed by atoms with Gasteiger partial charge in [0.05, 0.1) is 35.3 Å². The van der Waals surface area contributed by atoms with E-state index in [1.807, 2.05) is 22.6 Å². The number of ether oxygens (including phenoxy) is 3. The molecule has 6 rings (SSSR count). The normalized spacial score (nSPS) is 28.1. The Morgan fingerprint density at radius 3 is 2.47 bits per heavy atom. The Labute approximate surface area is 261 Å². The van der Waals surface area contributed by atoms with Crippen LogP contribution in [0, 0.1) is 21.2 Å². The van der Waals surface area contributed by atoms with Gasteiger partial charge >= 0.3 is 12.1 Å². The van der Waals surface area contributed by atoms with Crippen LogP contribution >= 0.6 is 22.6 Å². The van der Waals surface area contributed by atoms with Crippen LogP contribution < -0.4 is 4.74 Å². The third-order valence-electron chi connectivity index (χ3n) is 9.40. The number of nitrogens with zero attached hydrogens (tertiary/aromatic N) is 2. The van der Waals surface area contributed by atoms with Crippen LogP contribution in [-0.2, 0) is 31.8 Å². The first kappa shape index (κ1) is 30.6. The molecule has 1 aliphatic carbocycles. The minimum absolute atomic E-state index is 0.00440. The summed E-state index contributed by atoms with van der Waals surface area (Å²) in [6, 6.07) is 8.36.